The van der Waals surface area contributed by atoms with Crippen LogP contribution in [-0.4, -0.2) is 32.1 Å². The fourth-order valence-corrected chi connectivity index (χ4v) is 3.23. The summed E-state index contributed by atoms with van der Waals surface area (Å²) in [7, 11) is 0. The third-order valence-corrected chi connectivity index (χ3v) is 4.80. The highest BCUT2D eigenvalue weighted by molar-refractivity contribution is 5.76. The second kappa shape index (κ2) is 9.27. The Kier molecular flexibility index (Phi) is 6.09. The maximum absolute atomic E-state index is 12.1. The van der Waals surface area contributed by atoms with Crippen LogP contribution in [0, 0.1) is 0 Å². The molecule has 3 aromatic heterocycles. The van der Waals surface area contributed by atoms with Gasteiger partial charge in [-0.05, 0) is 43.4 Å². The Morgan fingerprint density at radius 2 is 2.07 bits per heavy atom. The van der Waals surface area contributed by atoms with Crippen LogP contribution >= 0.6 is 0 Å². The average molecular weight is 393 g/mol. The van der Waals surface area contributed by atoms with Gasteiger partial charge < -0.3 is 14.6 Å². The van der Waals surface area contributed by atoms with Crippen molar-refractivity contribution in [1.29, 1.82) is 0 Å². The van der Waals surface area contributed by atoms with Gasteiger partial charge in [0.25, 0.3) is 0 Å². The summed E-state index contributed by atoms with van der Waals surface area (Å²) in [5.74, 6) is 1.39. The van der Waals surface area contributed by atoms with E-state index in [0.717, 1.165) is 18.4 Å². The number of aryl methyl sites for hydroxylation is 1. The molecule has 0 aliphatic heterocycles. The second-order valence-electron chi connectivity index (χ2n) is 7.03. The van der Waals surface area contributed by atoms with Gasteiger partial charge in [0.05, 0.1) is 0 Å². The molecule has 3 aromatic rings. The van der Waals surface area contributed by atoms with E-state index in [-0.39, 0.29) is 18.4 Å². The minimum absolute atomic E-state index is 0.0890. The summed E-state index contributed by atoms with van der Waals surface area (Å²) in [4.78, 5) is 24.9. The van der Waals surface area contributed by atoms with Gasteiger partial charge in [0.1, 0.15) is 11.8 Å². The van der Waals surface area contributed by atoms with E-state index < -0.39 is 0 Å². The standard InChI is InChI=1S/C21H23N5O3/c27-18(9-11-20-25-21(26-29-20)17-7-3-4-12-22-17)23-13-15-8-10-19(24-14-15)28-16-5-1-2-6-16/h3-4,7-8,10,12,14,16H,1-2,5-6,9,11,13H2,(H,23,27). The zero-order valence-electron chi connectivity index (χ0n) is 16.1. The Morgan fingerprint density at radius 3 is 2.83 bits per heavy atom. The normalized spacial score (nSPS) is 14.1. The molecule has 3 heterocycles. The summed E-state index contributed by atoms with van der Waals surface area (Å²) in [6.45, 7) is 0.415. The number of ether oxygens (including phenoxy) is 1. The number of carbonyl (C=O) groups excluding carboxylic acids is 1. The molecule has 0 aromatic carbocycles. The molecule has 1 fully saturated rings. The van der Waals surface area contributed by atoms with Gasteiger partial charge in [0.2, 0.25) is 23.5 Å². The molecule has 8 heteroatoms. The lowest BCUT2D eigenvalue weighted by molar-refractivity contribution is -0.121. The molecular weight excluding hydrogens is 370 g/mol. The van der Waals surface area contributed by atoms with E-state index in [1.165, 1.54) is 12.8 Å². The van der Waals surface area contributed by atoms with Crippen molar-refractivity contribution in [2.45, 2.75) is 51.2 Å². The van der Waals surface area contributed by atoms with Gasteiger partial charge in [-0.2, -0.15) is 4.98 Å². The van der Waals surface area contributed by atoms with Gasteiger partial charge in [-0.15, -0.1) is 0 Å². The van der Waals surface area contributed by atoms with E-state index in [1.807, 2.05) is 24.3 Å². The van der Waals surface area contributed by atoms with E-state index >= 15 is 0 Å². The largest absolute Gasteiger partial charge is 0.474 e. The molecule has 8 nitrogen and oxygen atoms in total. The molecule has 0 atom stereocenters. The zero-order chi connectivity index (χ0) is 19.9. The topological polar surface area (TPSA) is 103 Å². The fourth-order valence-electron chi connectivity index (χ4n) is 3.23. The molecule has 1 saturated carbocycles. The second-order valence-corrected chi connectivity index (χ2v) is 7.03. The van der Waals surface area contributed by atoms with Crippen molar-refractivity contribution in [2.24, 2.45) is 0 Å². The molecular formula is C21H23N5O3. The summed E-state index contributed by atoms with van der Waals surface area (Å²) in [6.07, 6.45) is 8.98. The first-order valence-corrected chi connectivity index (χ1v) is 9.88. The molecule has 1 amide bonds. The molecule has 150 valence electrons. The summed E-state index contributed by atoms with van der Waals surface area (Å²) < 4.78 is 11.0. The van der Waals surface area contributed by atoms with Crippen LogP contribution in [0.15, 0.2) is 47.2 Å². The summed E-state index contributed by atoms with van der Waals surface area (Å²) in [5, 5.41) is 6.78. The van der Waals surface area contributed by atoms with Gasteiger partial charge in [-0.25, -0.2) is 4.98 Å². The van der Waals surface area contributed by atoms with Crippen molar-refractivity contribution in [1.82, 2.24) is 25.4 Å². The van der Waals surface area contributed by atoms with Gasteiger partial charge >= 0.3 is 0 Å². The first-order valence-electron chi connectivity index (χ1n) is 9.88. The monoisotopic (exact) mass is 393 g/mol. The number of hydrogen-bond acceptors (Lipinski definition) is 7. The highest BCUT2D eigenvalue weighted by Gasteiger charge is 2.17. The first-order chi connectivity index (χ1) is 14.3. The third-order valence-electron chi connectivity index (χ3n) is 4.80. The van der Waals surface area contributed by atoms with E-state index in [9.17, 15) is 4.79 Å². The minimum atomic E-state index is -0.0890. The zero-order valence-corrected chi connectivity index (χ0v) is 16.1. The SMILES string of the molecule is O=C(CCc1nc(-c2ccccn2)no1)NCc1ccc(OC2CCCC2)nc1. The molecule has 0 bridgehead atoms. The number of rotatable bonds is 8. The molecule has 1 aliphatic rings. The lowest BCUT2D eigenvalue weighted by Crippen LogP contribution is -2.23. The molecule has 0 spiro atoms. The van der Waals surface area contributed by atoms with Crippen molar-refractivity contribution in [3.05, 3.63) is 54.2 Å². The number of amides is 1. The van der Waals surface area contributed by atoms with Gasteiger partial charge in [-0.3, -0.25) is 9.78 Å². The number of nitrogens with one attached hydrogen (secondary N) is 1. The summed E-state index contributed by atoms with van der Waals surface area (Å²) in [6, 6.07) is 9.26. The van der Waals surface area contributed by atoms with Crippen LogP contribution in [-0.2, 0) is 17.8 Å². The highest BCUT2D eigenvalue weighted by atomic mass is 16.5. The predicted molar refractivity (Wildman–Crippen MR) is 105 cm³/mol. The van der Waals surface area contributed by atoms with Crippen LogP contribution in [0.2, 0.25) is 0 Å². The molecule has 29 heavy (non-hydrogen) atoms. The van der Waals surface area contributed by atoms with E-state index in [0.29, 0.717) is 36.3 Å². The molecule has 1 aliphatic carbocycles. The molecule has 4 rings (SSSR count). The maximum atomic E-state index is 12.1. The highest BCUT2D eigenvalue weighted by Crippen LogP contribution is 2.22. The van der Waals surface area contributed by atoms with Gasteiger partial charge in [0, 0.05) is 37.8 Å². The maximum Gasteiger partial charge on any atom is 0.227 e. The van der Waals surface area contributed by atoms with Crippen LogP contribution < -0.4 is 10.1 Å². The van der Waals surface area contributed by atoms with Crippen molar-refractivity contribution in [3.63, 3.8) is 0 Å². The predicted octanol–water partition coefficient (Wildman–Crippen LogP) is 3.10. The Bertz CT molecular complexity index is 921. The van der Waals surface area contributed by atoms with Crippen LogP contribution in [0.5, 0.6) is 5.88 Å². The Hall–Kier alpha value is -3.29. The molecule has 0 radical (unpaired) electrons. The van der Waals surface area contributed by atoms with Crippen molar-refractivity contribution >= 4 is 5.91 Å². The lowest BCUT2D eigenvalue weighted by atomic mass is 10.2. The van der Waals surface area contributed by atoms with E-state index in [2.05, 4.69) is 25.4 Å². The van der Waals surface area contributed by atoms with Crippen LogP contribution in [0.4, 0.5) is 0 Å². The number of hydrogen-bond donors (Lipinski definition) is 1. The van der Waals surface area contributed by atoms with Crippen molar-refractivity contribution in [2.75, 3.05) is 0 Å². The fraction of sp³-hybridized carbons (Fsp3) is 0.381. The Balaban J connectivity index is 1.20. The number of pyridine rings is 2. The molecule has 1 N–H and O–H groups in total. The Morgan fingerprint density at radius 1 is 1.17 bits per heavy atom. The first kappa shape index (κ1) is 19.0. The van der Waals surface area contributed by atoms with E-state index in [4.69, 9.17) is 9.26 Å². The molecule has 0 unspecified atom stereocenters. The summed E-state index contributed by atoms with van der Waals surface area (Å²) in [5.41, 5.74) is 1.56. The van der Waals surface area contributed by atoms with Gasteiger partial charge in [0.15, 0.2) is 0 Å². The Labute approximate surface area is 168 Å². The van der Waals surface area contributed by atoms with E-state index in [1.54, 1.807) is 18.5 Å². The van der Waals surface area contributed by atoms with Crippen LogP contribution in [0.1, 0.15) is 43.6 Å². The lowest BCUT2D eigenvalue weighted by Gasteiger charge is -2.12. The number of carbonyl (C=O) groups is 1. The van der Waals surface area contributed by atoms with Crippen molar-refractivity contribution in [3.8, 4) is 17.4 Å². The number of nitrogens with zero attached hydrogens (tertiary/aromatic N) is 4. The van der Waals surface area contributed by atoms with Crippen LogP contribution in [0.25, 0.3) is 11.5 Å². The van der Waals surface area contributed by atoms with Crippen LogP contribution in [0.3, 0.4) is 0 Å². The number of aromatic nitrogens is 4. The minimum Gasteiger partial charge on any atom is -0.474 e. The third kappa shape index (κ3) is 5.37. The smallest absolute Gasteiger partial charge is 0.227 e. The quantitative estimate of drug-likeness (QED) is 0.627. The average Bonchev–Trinajstić information content (AvgIpc) is 3.45. The molecule has 0 saturated heterocycles. The summed E-state index contributed by atoms with van der Waals surface area (Å²) >= 11 is 0. The van der Waals surface area contributed by atoms with Gasteiger partial charge in [-0.1, -0.05) is 17.3 Å². The van der Waals surface area contributed by atoms with Crippen molar-refractivity contribution < 1.29 is 14.1 Å².